The molecule has 0 saturated carbocycles. The number of aromatic nitrogens is 2. The van der Waals surface area contributed by atoms with Gasteiger partial charge in [0.05, 0.1) is 6.61 Å². The molecule has 90 valence electrons. The van der Waals surface area contributed by atoms with E-state index in [4.69, 9.17) is 14.0 Å². The van der Waals surface area contributed by atoms with E-state index in [1.807, 2.05) is 6.92 Å². The predicted octanol–water partition coefficient (Wildman–Crippen LogP) is 1.39. The normalized spacial score (nSPS) is 12.4. The molecule has 1 atom stereocenters. The fourth-order valence-electron chi connectivity index (χ4n) is 1.13. The van der Waals surface area contributed by atoms with E-state index in [2.05, 4.69) is 10.1 Å². The molecule has 0 radical (unpaired) electrons. The number of methoxy groups -OCH3 is 1. The monoisotopic (exact) mass is 228 g/mol. The van der Waals surface area contributed by atoms with Crippen LogP contribution in [0.25, 0.3) is 0 Å². The number of ether oxygens (including phenoxy) is 2. The Morgan fingerprint density at radius 1 is 1.56 bits per heavy atom. The van der Waals surface area contributed by atoms with Gasteiger partial charge in [-0.2, -0.15) is 4.98 Å². The molecule has 0 aliphatic heterocycles. The number of esters is 1. The molecule has 0 fully saturated rings. The van der Waals surface area contributed by atoms with E-state index >= 15 is 0 Å². The lowest BCUT2D eigenvalue weighted by Crippen LogP contribution is -2.07. The summed E-state index contributed by atoms with van der Waals surface area (Å²) >= 11 is 0. The van der Waals surface area contributed by atoms with E-state index in [0.29, 0.717) is 19.1 Å². The molecule has 6 nitrogen and oxygen atoms in total. The van der Waals surface area contributed by atoms with Crippen LogP contribution in [0.5, 0.6) is 0 Å². The topological polar surface area (TPSA) is 74.5 Å². The van der Waals surface area contributed by atoms with E-state index in [-0.39, 0.29) is 11.7 Å². The molecule has 0 bridgehead atoms. The molecule has 0 spiro atoms. The number of nitrogens with zero attached hydrogens (tertiary/aromatic N) is 2. The quantitative estimate of drug-likeness (QED) is 0.685. The molecule has 0 N–H and O–H groups in total. The van der Waals surface area contributed by atoms with E-state index in [1.165, 1.54) is 0 Å². The number of rotatable bonds is 6. The fourth-order valence-corrected chi connectivity index (χ4v) is 1.13. The van der Waals surface area contributed by atoms with Crippen molar-refractivity contribution in [2.75, 3.05) is 20.3 Å². The first-order valence-corrected chi connectivity index (χ1v) is 5.18. The Balaban J connectivity index is 2.59. The lowest BCUT2D eigenvalue weighted by atomic mass is 10.1. The first kappa shape index (κ1) is 12.6. The van der Waals surface area contributed by atoms with Crippen molar-refractivity contribution in [1.82, 2.24) is 10.1 Å². The highest BCUT2D eigenvalue weighted by atomic mass is 16.5. The van der Waals surface area contributed by atoms with Crippen molar-refractivity contribution in [2.45, 2.75) is 26.2 Å². The van der Waals surface area contributed by atoms with Crippen LogP contribution >= 0.6 is 0 Å². The number of carbonyl (C=O) groups is 1. The van der Waals surface area contributed by atoms with Crippen LogP contribution in [0.15, 0.2) is 4.52 Å². The smallest absolute Gasteiger partial charge is 0.379 e. The van der Waals surface area contributed by atoms with E-state index in [1.54, 1.807) is 14.0 Å². The van der Waals surface area contributed by atoms with Crippen LogP contribution < -0.4 is 0 Å². The summed E-state index contributed by atoms with van der Waals surface area (Å²) < 4.78 is 14.7. The minimum absolute atomic E-state index is 0.0267. The zero-order valence-electron chi connectivity index (χ0n) is 9.73. The van der Waals surface area contributed by atoms with Crippen molar-refractivity contribution in [3.8, 4) is 0 Å². The summed E-state index contributed by atoms with van der Waals surface area (Å²) in [4.78, 5) is 15.2. The van der Waals surface area contributed by atoms with Crippen LogP contribution in [0, 0.1) is 0 Å². The minimum Gasteiger partial charge on any atom is -0.460 e. The van der Waals surface area contributed by atoms with Gasteiger partial charge in [-0.1, -0.05) is 6.92 Å². The molecule has 1 heterocycles. The molecule has 0 aromatic carbocycles. The molecule has 6 heteroatoms. The second kappa shape index (κ2) is 6.22. The maximum Gasteiger partial charge on any atom is 0.379 e. The van der Waals surface area contributed by atoms with Crippen molar-refractivity contribution in [3.05, 3.63) is 11.7 Å². The Bertz CT molecular complexity index is 337. The summed E-state index contributed by atoms with van der Waals surface area (Å²) in [5.74, 6) is -0.0895. The number of carbonyl (C=O) groups excluding carboxylic acids is 1. The number of hydrogen-bond donors (Lipinski definition) is 0. The second-order valence-electron chi connectivity index (χ2n) is 3.36. The average Bonchev–Trinajstić information content (AvgIpc) is 2.75. The largest absolute Gasteiger partial charge is 0.460 e. The second-order valence-corrected chi connectivity index (χ2v) is 3.36. The van der Waals surface area contributed by atoms with Gasteiger partial charge in [-0.05, 0) is 18.5 Å². The summed E-state index contributed by atoms with van der Waals surface area (Å²) in [5, 5.41) is 3.56. The van der Waals surface area contributed by atoms with E-state index in [0.717, 1.165) is 6.42 Å². The van der Waals surface area contributed by atoms with Crippen molar-refractivity contribution >= 4 is 5.97 Å². The molecule has 0 aliphatic carbocycles. The third-order valence-corrected chi connectivity index (χ3v) is 2.08. The van der Waals surface area contributed by atoms with Gasteiger partial charge in [0.25, 0.3) is 5.82 Å². The molecule has 1 aromatic heterocycles. The lowest BCUT2D eigenvalue weighted by molar-refractivity contribution is 0.0508. The highest BCUT2D eigenvalue weighted by molar-refractivity contribution is 5.84. The van der Waals surface area contributed by atoms with Crippen molar-refractivity contribution in [1.29, 1.82) is 0 Å². The Morgan fingerprint density at radius 2 is 2.31 bits per heavy atom. The van der Waals surface area contributed by atoms with Crippen LogP contribution in [0.4, 0.5) is 0 Å². The van der Waals surface area contributed by atoms with Gasteiger partial charge in [0, 0.05) is 19.6 Å². The van der Waals surface area contributed by atoms with Gasteiger partial charge in [0.1, 0.15) is 0 Å². The van der Waals surface area contributed by atoms with Gasteiger partial charge in [0.15, 0.2) is 0 Å². The zero-order valence-corrected chi connectivity index (χ0v) is 9.73. The third-order valence-electron chi connectivity index (χ3n) is 2.08. The molecule has 0 amide bonds. The van der Waals surface area contributed by atoms with Gasteiger partial charge >= 0.3 is 5.97 Å². The molecule has 1 aromatic rings. The van der Waals surface area contributed by atoms with Crippen molar-refractivity contribution in [3.63, 3.8) is 0 Å². The minimum atomic E-state index is -0.559. The van der Waals surface area contributed by atoms with Gasteiger partial charge in [-0.3, -0.25) is 0 Å². The van der Waals surface area contributed by atoms with Gasteiger partial charge in [0.2, 0.25) is 5.89 Å². The van der Waals surface area contributed by atoms with Gasteiger partial charge in [-0.15, -0.1) is 0 Å². The Kier molecular flexibility index (Phi) is 4.91. The molecule has 0 saturated heterocycles. The lowest BCUT2D eigenvalue weighted by Gasteiger charge is -2.03. The molecule has 1 rings (SSSR count). The summed E-state index contributed by atoms with van der Waals surface area (Å²) in [6.45, 7) is 4.56. The zero-order chi connectivity index (χ0) is 12.0. The molecular weight excluding hydrogens is 212 g/mol. The van der Waals surface area contributed by atoms with E-state index in [9.17, 15) is 4.79 Å². The van der Waals surface area contributed by atoms with Crippen LogP contribution in [0.1, 0.15) is 42.7 Å². The highest BCUT2D eigenvalue weighted by Gasteiger charge is 2.19. The summed E-state index contributed by atoms with van der Waals surface area (Å²) in [5.41, 5.74) is 0. The highest BCUT2D eigenvalue weighted by Crippen LogP contribution is 2.16. The van der Waals surface area contributed by atoms with Crippen LogP contribution in [0.3, 0.4) is 0 Å². The summed E-state index contributed by atoms with van der Waals surface area (Å²) in [7, 11) is 1.63. The van der Waals surface area contributed by atoms with Crippen molar-refractivity contribution in [2.24, 2.45) is 0 Å². The van der Waals surface area contributed by atoms with Gasteiger partial charge in [-0.25, -0.2) is 4.79 Å². The number of hydrogen-bond acceptors (Lipinski definition) is 6. The Morgan fingerprint density at radius 3 is 2.94 bits per heavy atom. The maximum absolute atomic E-state index is 11.3. The SMILES string of the molecule is CCOC(=O)c1noc(C(C)CCOC)n1. The Hall–Kier alpha value is -1.43. The molecular formula is C10H16N2O4. The predicted molar refractivity (Wildman–Crippen MR) is 55.2 cm³/mol. The fraction of sp³-hybridized carbons (Fsp3) is 0.700. The maximum atomic E-state index is 11.3. The van der Waals surface area contributed by atoms with Crippen LogP contribution in [-0.4, -0.2) is 36.4 Å². The van der Waals surface area contributed by atoms with Crippen molar-refractivity contribution < 1.29 is 18.8 Å². The van der Waals surface area contributed by atoms with Crippen LogP contribution in [0.2, 0.25) is 0 Å². The average molecular weight is 228 g/mol. The Labute approximate surface area is 93.9 Å². The summed E-state index contributed by atoms with van der Waals surface area (Å²) in [6.07, 6.45) is 0.765. The first-order chi connectivity index (χ1) is 7.69. The van der Waals surface area contributed by atoms with E-state index < -0.39 is 5.97 Å². The molecule has 16 heavy (non-hydrogen) atoms. The summed E-state index contributed by atoms with van der Waals surface area (Å²) in [6, 6.07) is 0. The van der Waals surface area contributed by atoms with Gasteiger partial charge < -0.3 is 14.0 Å². The first-order valence-electron chi connectivity index (χ1n) is 5.18. The van der Waals surface area contributed by atoms with Crippen LogP contribution in [-0.2, 0) is 9.47 Å². The molecule has 0 aliphatic rings. The standard InChI is InChI=1S/C10H16N2O4/c1-4-15-10(13)8-11-9(16-12-8)7(2)5-6-14-3/h7H,4-6H2,1-3H3. The molecule has 1 unspecified atom stereocenters. The third kappa shape index (κ3) is 3.30.